The van der Waals surface area contributed by atoms with Gasteiger partial charge in [-0.25, -0.2) is 23.7 Å². The van der Waals surface area contributed by atoms with Crippen LogP contribution in [-0.4, -0.2) is 30.6 Å². The number of halogens is 2. The molecule has 1 aliphatic heterocycles. The molecule has 36 heavy (non-hydrogen) atoms. The molecule has 6 nitrogen and oxygen atoms in total. The van der Waals surface area contributed by atoms with Gasteiger partial charge in [0.2, 0.25) is 5.95 Å². The van der Waals surface area contributed by atoms with Gasteiger partial charge in [-0.1, -0.05) is 19.1 Å². The first kappa shape index (κ1) is 22.4. The molecule has 1 atom stereocenters. The zero-order valence-corrected chi connectivity index (χ0v) is 20.0. The second-order valence-corrected chi connectivity index (χ2v) is 9.13. The first-order chi connectivity index (χ1) is 17.6. The number of rotatable bonds is 7. The molecule has 1 N–H and O–H groups in total. The van der Waals surface area contributed by atoms with E-state index in [2.05, 4.69) is 21.8 Å². The summed E-state index contributed by atoms with van der Waals surface area (Å²) in [6.07, 6.45) is 6.33. The topological polar surface area (TPSA) is 60.6 Å². The fourth-order valence-electron chi connectivity index (χ4n) is 5.11. The summed E-state index contributed by atoms with van der Waals surface area (Å²) in [7, 11) is 0. The third kappa shape index (κ3) is 3.92. The molecule has 5 aromatic rings. The van der Waals surface area contributed by atoms with Crippen molar-refractivity contribution in [2.45, 2.75) is 38.8 Å². The van der Waals surface area contributed by atoms with E-state index in [0.29, 0.717) is 18.0 Å². The number of nitrogens with one attached hydrogen (secondary N) is 1. The highest BCUT2D eigenvalue weighted by Gasteiger charge is 2.31. The fraction of sp³-hybridized carbons (Fsp3) is 0.250. The standard InChI is InChI=1S/C28H26F2N6/c1-2-14-31-28-32-15-12-23(33-28)27-25(18-6-8-20(29)9-7-18)34-24-11-10-21(36(24)27)17-35-16-13-19-4-3-5-22(30)26(19)35/h3-9,12-13,15-16,21H,2,10-11,14,17H2,1H3,(H,31,32,33)/t21-/m0/s1. The first-order valence-electron chi connectivity index (χ1n) is 12.3. The molecule has 2 aromatic carbocycles. The van der Waals surface area contributed by atoms with Crippen molar-refractivity contribution in [3.05, 3.63) is 84.4 Å². The van der Waals surface area contributed by atoms with Crippen molar-refractivity contribution in [1.82, 2.24) is 24.1 Å². The lowest BCUT2D eigenvalue weighted by molar-refractivity contribution is 0.456. The van der Waals surface area contributed by atoms with Gasteiger partial charge < -0.3 is 14.5 Å². The molecule has 0 aliphatic carbocycles. The average Bonchev–Trinajstić information content (AvgIpc) is 3.59. The van der Waals surface area contributed by atoms with E-state index in [0.717, 1.165) is 59.7 Å². The maximum absolute atomic E-state index is 14.7. The minimum Gasteiger partial charge on any atom is -0.354 e. The Labute approximate surface area is 207 Å². The molecule has 0 fully saturated rings. The van der Waals surface area contributed by atoms with Crippen LogP contribution in [0.25, 0.3) is 33.5 Å². The lowest BCUT2D eigenvalue weighted by atomic mass is 10.1. The maximum atomic E-state index is 14.7. The first-order valence-corrected chi connectivity index (χ1v) is 12.3. The molecule has 1 aliphatic rings. The Morgan fingerprint density at radius 3 is 2.72 bits per heavy atom. The van der Waals surface area contributed by atoms with Gasteiger partial charge in [-0.15, -0.1) is 0 Å². The van der Waals surface area contributed by atoms with Crippen LogP contribution in [0.1, 0.15) is 31.6 Å². The number of nitrogens with zero attached hydrogens (tertiary/aromatic N) is 5. The summed E-state index contributed by atoms with van der Waals surface area (Å²) in [5.41, 5.74) is 3.82. The van der Waals surface area contributed by atoms with E-state index in [9.17, 15) is 8.78 Å². The predicted molar refractivity (Wildman–Crippen MR) is 137 cm³/mol. The number of anilines is 1. The van der Waals surface area contributed by atoms with Crippen molar-refractivity contribution in [3.8, 4) is 22.6 Å². The Morgan fingerprint density at radius 2 is 1.89 bits per heavy atom. The summed E-state index contributed by atoms with van der Waals surface area (Å²) in [4.78, 5) is 14.2. The van der Waals surface area contributed by atoms with E-state index < -0.39 is 0 Å². The zero-order chi connectivity index (χ0) is 24.6. The summed E-state index contributed by atoms with van der Waals surface area (Å²) in [6, 6.07) is 15.4. The van der Waals surface area contributed by atoms with Crippen molar-refractivity contribution in [1.29, 1.82) is 0 Å². The maximum Gasteiger partial charge on any atom is 0.223 e. The largest absolute Gasteiger partial charge is 0.354 e. The molecule has 8 heteroatoms. The van der Waals surface area contributed by atoms with E-state index >= 15 is 0 Å². The Morgan fingerprint density at radius 1 is 1.03 bits per heavy atom. The second-order valence-electron chi connectivity index (χ2n) is 9.13. The summed E-state index contributed by atoms with van der Waals surface area (Å²) < 4.78 is 32.6. The van der Waals surface area contributed by atoms with E-state index in [-0.39, 0.29) is 17.7 Å². The molecule has 6 rings (SSSR count). The van der Waals surface area contributed by atoms with Gasteiger partial charge in [0.15, 0.2) is 0 Å². The van der Waals surface area contributed by atoms with Crippen LogP contribution in [0.2, 0.25) is 0 Å². The lowest BCUT2D eigenvalue weighted by Crippen LogP contribution is -2.14. The second kappa shape index (κ2) is 9.18. The van der Waals surface area contributed by atoms with Crippen LogP contribution in [0, 0.1) is 11.6 Å². The summed E-state index contributed by atoms with van der Waals surface area (Å²) in [6.45, 7) is 3.47. The SMILES string of the molecule is CCCNc1nccc(-c2c(-c3ccc(F)cc3)nc3n2[C@H](Cn2ccc4cccc(F)c42)CC3)n1. The molecular weight excluding hydrogens is 458 g/mol. The number of aryl methyl sites for hydroxylation is 1. The highest BCUT2D eigenvalue weighted by Crippen LogP contribution is 2.40. The van der Waals surface area contributed by atoms with Crippen molar-refractivity contribution >= 4 is 16.9 Å². The van der Waals surface area contributed by atoms with Crippen LogP contribution in [0.5, 0.6) is 0 Å². The summed E-state index contributed by atoms with van der Waals surface area (Å²) in [5, 5.41) is 4.14. The number of hydrogen-bond donors (Lipinski definition) is 1. The zero-order valence-electron chi connectivity index (χ0n) is 20.0. The number of hydrogen-bond acceptors (Lipinski definition) is 4. The summed E-state index contributed by atoms with van der Waals surface area (Å²) >= 11 is 0. The smallest absolute Gasteiger partial charge is 0.223 e. The third-order valence-corrected chi connectivity index (χ3v) is 6.75. The van der Waals surface area contributed by atoms with E-state index in [1.54, 1.807) is 24.4 Å². The van der Waals surface area contributed by atoms with Crippen LogP contribution < -0.4 is 5.32 Å². The molecule has 4 heterocycles. The van der Waals surface area contributed by atoms with E-state index in [4.69, 9.17) is 9.97 Å². The van der Waals surface area contributed by atoms with E-state index in [1.165, 1.54) is 18.2 Å². The van der Waals surface area contributed by atoms with Crippen molar-refractivity contribution in [3.63, 3.8) is 0 Å². The molecule has 3 aromatic heterocycles. The van der Waals surface area contributed by atoms with Gasteiger partial charge in [0.1, 0.15) is 17.5 Å². The highest BCUT2D eigenvalue weighted by molar-refractivity contribution is 5.81. The van der Waals surface area contributed by atoms with E-state index in [1.807, 2.05) is 29.0 Å². The third-order valence-electron chi connectivity index (χ3n) is 6.75. The van der Waals surface area contributed by atoms with Gasteiger partial charge in [-0.2, -0.15) is 0 Å². The van der Waals surface area contributed by atoms with Gasteiger partial charge >= 0.3 is 0 Å². The number of para-hydroxylation sites is 1. The highest BCUT2D eigenvalue weighted by atomic mass is 19.1. The Bertz CT molecular complexity index is 1540. The number of fused-ring (bicyclic) bond motifs is 2. The lowest BCUT2D eigenvalue weighted by Gasteiger charge is -2.19. The van der Waals surface area contributed by atoms with Crippen LogP contribution >= 0.6 is 0 Å². The quantitative estimate of drug-likeness (QED) is 0.297. The molecule has 0 bridgehead atoms. The molecular formula is C28H26F2N6. The Hall–Kier alpha value is -4.07. The molecule has 0 radical (unpaired) electrons. The molecule has 0 saturated carbocycles. The predicted octanol–water partition coefficient (Wildman–Crippen LogP) is 6.25. The van der Waals surface area contributed by atoms with Gasteiger partial charge in [0, 0.05) is 42.9 Å². The molecule has 0 saturated heterocycles. The normalized spacial score (nSPS) is 14.9. The average molecular weight is 485 g/mol. The Kier molecular flexibility index (Phi) is 5.71. The number of aromatic nitrogens is 5. The minimum absolute atomic E-state index is 0.0638. The van der Waals surface area contributed by atoms with Gasteiger partial charge in [0.25, 0.3) is 0 Å². The van der Waals surface area contributed by atoms with Gasteiger partial charge in [0.05, 0.1) is 28.6 Å². The molecule has 0 amide bonds. The molecule has 182 valence electrons. The molecule has 0 unspecified atom stereocenters. The number of imidazole rings is 1. The van der Waals surface area contributed by atoms with Crippen molar-refractivity contribution in [2.75, 3.05) is 11.9 Å². The number of benzene rings is 2. The van der Waals surface area contributed by atoms with Crippen LogP contribution in [0.15, 0.2) is 67.0 Å². The van der Waals surface area contributed by atoms with Gasteiger partial charge in [-0.05, 0) is 55.3 Å². The fourth-order valence-corrected chi connectivity index (χ4v) is 5.11. The van der Waals surface area contributed by atoms with Gasteiger partial charge in [-0.3, -0.25) is 0 Å². The molecule has 0 spiro atoms. The minimum atomic E-state index is -0.292. The Balaban J connectivity index is 1.47. The van der Waals surface area contributed by atoms with Crippen LogP contribution in [0.3, 0.4) is 0 Å². The van der Waals surface area contributed by atoms with Crippen molar-refractivity contribution in [2.24, 2.45) is 0 Å². The van der Waals surface area contributed by atoms with Crippen LogP contribution in [-0.2, 0) is 13.0 Å². The van der Waals surface area contributed by atoms with Crippen LogP contribution in [0.4, 0.5) is 14.7 Å². The van der Waals surface area contributed by atoms with Crippen molar-refractivity contribution < 1.29 is 8.78 Å². The monoisotopic (exact) mass is 484 g/mol. The summed E-state index contributed by atoms with van der Waals surface area (Å²) in [5.74, 6) is 0.992.